The van der Waals surface area contributed by atoms with Crippen LogP contribution >= 0.6 is 24.0 Å². The van der Waals surface area contributed by atoms with Gasteiger partial charge in [-0.2, -0.15) is 5.26 Å². The van der Waals surface area contributed by atoms with Gasteiger partial charge in [-0.1, -0.05) is 50.2 Å². The monoisotopic (exact) mass is 470 g/mol. The molecule has 1 aromatic rings. The highest BCUT2D eigenvalue weighted by Crippen LogP contribution is 2.39. The average molecular weight is 471 g/mol. The van der Waals surface area contributed by atoms with E-state index < -0.39 is 0 Å². The highest BCUT2D eigenvalue weighted by Gasteiger charge is 2.38. The van der Waals surface area contributed by atoms with Crippen LogP contribution in [-0.4, -0.2) is 38.8 Å². The Morgan fingerprint density at radius 2 is 1.88 bits per heavy atom. The van der Waals surface area contributed by atoms with Crippen LogP contribution < -0.4 is 10.5 Å². The standard InChI is InChI=1S/C24H30N4O2S2/c1-3-4-13-27-21(26-11-7-8-12-26)18(16(2)19(15-25)22(27)29)14-20-23(30)28(24(31)32-20)17-9-5-6-10-17/h14,17H,3-13H2,1-2H3/b20-14+. The number of hydrogen-bond acceptors (Lipinski definition) is 6. The summed E-state index contributed by atoms with van der Waals surface area (Å²) in [5.41, 5.74) is 1.40. The van der Waals surface area contributed by atoms with Gasteiger partial charge in [-0.05, 0) is 50.7 Å². The topological polar surface area (TPSA) is 69.3 Å². The van der Waals surface area contributed by atoms with Crippen LogP contribution in [0.4, 0.5) is 5.82 Å². The lowest BCUT2D eigenvalue weighted by Gasteiger charge is -2.27. The number of hydrogen-bond donors (Lipinski definition) is 0. The molecular formula is C24H30N4O2S2. The second-order valence-electron chi connectivity index (χ2n) is 8.84. The van der Waals surface area contributed by atoms with Gasteiger partial charge in [0, 0.05) is 31.2 Å². The van der Waals surface area contributed by atoms with Gasteiger partial charge in [0.25, 0.3) is 11.5 Å². The maximum absolute atomic E-state index is 13.3. The molecule has 1 amide bonds. The summed E-state index contributed by atoms with van der Waals surface area (Å²) in [5.74, 6) is 0.812. The fourth-order valence-electron chi connectivity index (χ4n) is 5.03. The molecule has 4 rings (SSSR count). The van der Waals surface area contributed by atoms with Crippen molar-refractivity contribution >= 4 is 46.1 Å². The Bertz CT molecular complexity index is 1060. The van der Waals surface area contributed by atoms with Crippen molar-refractivity contribution < 1.29 is 4.79 Å². The molecule has 3 aliphatic rings. The fourth-order valence-corrected chi connectivity index (χ4v) is 6.41. The van der Waals surface area contributed by atoms with Crippen molar-refractivity contribution in [3.63, 3.8) is 0 Å². The number of thiocarbonyl (C=S) groups is 1. The van der Waals surface area contributed by atoms with Crippen LogP contribution in [0.2, 0.25) is 0 Å². The molecule has 1 aromatic heterocycles. The molecule has 3 heterocycles. The molecule has 0 unspecified atom stereocenters. The van der Waals surface area contributed by atoms with Crippen molar-refractivity contribution in [1.29, 1.82) is 5.26 Å². The lowest BCUT2D eigenvalue weighted by atomic mass is 10.0. The lowest BCUT2D eigenvalue weighted by Crippen LogP contribution is -2.36. The number of anilines is 1. The Hall–Kier alpha value is -2.11. The van der Waals surface area contributed by atoms with Crippen molar-refractivity contribution in [3.8, 4) is 6.07 Å². The van der Waals surface area contributed by atoms with E-state index in [-0.39, 0.29) is 23.1 Å². The van der Waals surface area contributed by atoms with Gasteiger partial charge in [0.15, 0.2) is 0 Å². The van der Waals surface area contributed by atoms with Crippen molar-refractivity contribution in [2.45, 2.75) is 77.8 Å². The van der Waals surface area contributed by atoms with Gasteiger partial charge in [0.1, 0.15) is 21.8 Å². The zero-order chi connectivity index (χ0) is 22.8. The van der Waals surface area contributed by atoms with Gasteiger partial charge in [-0.15, -0.1) is 0 Å². The quantitative estimate of drug-likeness (QED) is 0.448. The van der Waals surface area contributed by atoms with Crippen molar-refractivity contribution in [2.24, 2.45) is 0 Å². The number of amides is 1. The molecule has 2 aliphatic heterocycles. The predicted molar refractivity (Wildman–Crippen MR) is 134 cm³/mol. The van der Waals surface area contributed by atoms with Crippen LogP contribution in [0.25, 0.3) is 6.08 Å². The van der Waals surface area contributed by atoms with Crippen molar-refractivity contribution in [2.75, 3.05) is 18.0 Å². The summed E-state index contributed by atoms with van der Waals surface area (Å²) in [6.45, 7) is 6.24. The van der Waals surface area contributed by atoms with E-state index in [1.807, 2.05) is 13.0 Å². The minimum Gasteiger partial charge on any atom is -0.357 e. The van der Waals surface area contributed by atoms with Crippen LogP contribution in [0.5, 0.6) is 0 Å². The van der Waals surface area contributed by atoms with Crippen LogP contribution in [0.15, 0.2) is 9.70 Å². The van der Waals surface area contributed by atoms with Gasteiger partial charge >= 0.3 is 0 Å². The molecule has 0 aromatic carbocycles. The molecule has 0 bridgehead atoms. The average Bonchev–Trinajstić information content (AvgIpc) is 3.52. The summed E-state index contributed by atoms with van der Waals surface area (Å²) < 4.78 is 2.39. The number of unbranched alkanes of at least 4 members (excludes halogenated alkanes) is 1. The number of rotatable bonds is 6. The first-order chi connectivity index (χ1) is 15.5. The molecular weight excluding hydrogens is 440 g/mol. The highest BCUT2D eigenvalue weighted by atomic mass is 32.2. The second-order valence-corrected chi connectivity index (χ2v) is 10.5. The van der Waals surface area contributed by atoms with E-state index in [1.54, 1.807) is 9.47 Å². The smallest absolute Gasteiger partial charge is 0.270 e. The third kappa shape index (κ3) is 4.13. The van der Waals surface area contributed by atoms with Gasteiger partial charge in [-0.3, -0.25) is 19.1 Å². The molecule has 6 nitrogen and oxygen atoms in total. The number of aromatic nitrogens is 1. The first-order valence-electron chi connectivity index (χ1n) is 11.7. The Balaban J connectivity index is 1.85. The van der Waals surface area contributed by atoms with Crippen LogP contribution in [-0.2, 0) is 11.3 Å². The molecule has 3 fully saturated rings. The molecule has 0 spiro atoms. The third-order valence-corrected chi connectivity index (χ3v) is 8.11. The molecule has 170 valence electrons. The molecule has 0 radical (unpaired) electrons. The van der Waals surface area contributed by atoms with E-state index in [9.17, 15) is 14.9 Å². The summed E-state index contributed by atoms with van der Waals surface area (Å²) in [5, 5.41) is 9.77. The zero-order valence-electron chi connectivity index (χ0n) is 18.9. The molecule has 0 atom stereocenters. The van der Waals surface area contributed by atoms with E-state index in [0.29, 0.717) is 21.3 Å². The Morgan fingerprint density at radius 3 is 2.50 bits per heavy atom. The second kappa shape index (κ2) is 9.80. The summed E-state index contributed by atoms with van der Waals surface area (Å²) >= 11 is 6.93. The van der Waals surface area contributed by atoms with Crippen LogP contribution in [0.3, 0.4) is 0 Å². The van der Waals surface area contributed by atoms with Crippen molar-refractivity contribution in [3.05, 3.63) is 31.9 Å². The molecule has 2 saturated heterocycles. The predicted octanol–water partition coefficient (Wildman–Crippen LogP) is 4.57. The highest BCUT2D eigenvalue weighted by molar-refractivity contribution is 8.26. The van der Waals surface area contributed by atoms with Crippen LogP contribution in [0.1, 0.15) is 75.0 Å². The molecule has 8 heteroatoms. The van der Waals surface area contributed by atoms with Gasteiger partial charge in [0.2, 0.25) is 0 Å². The van der Waals surface area contributed by atoms with E-state index >= 15 is 0 Å². The van der Waals surface area contributed by atoms with Gasteiger partial charge in [-0.25, -0.2) is 0 Å². The zero-order valence-corrected chi connectivity index (χ0v) is 20.5. The number of carbonyl (C=O) groups is 1. The minimum atomic E-state index is -0.226. The van der Waals surface area contributed by atoms with E-state index in [2.05, 4.69) is 17.9 Å². The lowest BCUT2D eigenvalue weighted by molar-refractivity contribution is -0.123. The summed E-state index contributed by atoms with van der Waals surface area (Å²) in [6.07, 6.45) is 10.1. The molecule has 32 heavy (non-hydrogen) atoms. The number of thioether (sulfide) groups is 1. The van der Waals surface area contributed by atoms with E-state index in [4.69, 9.17) is 12.2 Å². The largest absolute Gasteiger partial charge is 0.357 e. The molecule has 0 N–H and O–H groups in total. The first-order valence-corrected chi connectivity index (χ1v) is 12.9. The van der Waals surface area contributed by atoms with E-state index in [0.717, 1.165) is 75.8 Å². The van der Waals surface area contributed by atoms with Gasteiger partial charge < -0.3 is 4.90 Å². The maximum atomic E-state index is 13.3. The number of pyridine rings is 1. The summed E-state index contributed by atoms with van der Waals surface area (Å²) in [7, 11) is 0. The van der Waals surface area contributed by atoms with Crippen LogP contribution in [0, 0.1) is 18.3 Å². The molecule has 1 saturated carbocycles. The van der Waals surface area contributed by atoms with E-state index in [1.165, 1.54) is 11.8 Å². The fraction of sp³-hybridized carbons (Fsp3) is 0.583. The minimum absolute atomic E-state index is 0.0384. The number of carbonyl (C=O) groups excluding carboxylic acids is 1. The third-order valence-electron chi connectivity index (χ3n) is 6.78. The normalized spacial score (nSPS) is 20.7. The first kappa shape index (κ1) is 23.1. The van der Waals surface area contributed by atoms with Crippen molar-refractivity contribution in [1.82, 2.24) is 9.47 Å². The number of nitrogens with zero attached hydrogens (tertiary/aromatic N) is 4. The Kier molecular flexibility index (Phi) is 7.06. The van der Waals surface area contributed by atoms with Gasteiger partial charge in [0.05, 0.1) is 4.91 Å². The number of nitriles is 1. The summed E-state index contributed by atoms with van der Waals surface area (Å²) in [4.78, 5) is 31.2. The molecule has 1 aliphatic carbocycles. The Morgan fingerprint density at radius 1 is 1.19 bits per heavy atom. The SMILES string of the molecule is CCCCn1c(N2CCCC2)c(/C=C2/SC(=S)N(C3CCCC3)C2=O)c(C)c(C#N)c1=O. The summed E-state index contributed by atoms with van der Waals surface area (Å²) in [6, 6.07) is 2.32. The Labute approximate surface area is 199 Å². The maximum Gasteiger partial charge on any atom is 0.270 e.